The van der Waals surface area contributed by atoms with Crippen molar-refractivity contribution in [1.82, 2.24) is 0 Å². The number of carboxylic acids is 1. The molecule has 0 saturated heterocycles. The summed E-state index contributed by atoms with van der Waals surface area (Å²) in [5.41, 5.74) is 0.0376. The molecular weight excluding hydrogens is 156 g/mol. The van der Waals surface area contributed by atoms with Crippen LogP contribution in [0.3, 0.4) is 0 Å². The fourth-order valence-electron chi connectivity index (χ4n) is 0.745. The van der Waals surface area contributed by atoms with E-state index in [1.807, 2.05) is 0 Å². The Balaban J connectivity index is 4.54. The molecule has 0 amide bonds. The third-order valence-electron chi connectivity index (χ3n) is 1.46. The number of carbonyl (C=O) groups is 1. The van der Waals surface area contributed by atoms with Crippen LogP contribution in [-0.2, 0) is 4.79 Å². The molecule has 0 aromatic carbocycles. The molecule has 0 heterocycles. The highest BCUT2D eigenvalue weighted by Gasteiger charge is 2.14. The quantitative estimate of drug-likeness (QED) is 0.494. The number of rotatable bonds is 4. The van der Waals surface area contributed by atoms with Gasteiger partial charge >= 0.3 is 5.97 Å². The van der Waals surface area contributed by atoms with E-state index < -0.39 is 12.1 Å². The Morgan fingerprint density at radius 3 is 2.50 bits per heavy atom. The number of hydrogen-bond donors (Lipinski definition) is 2. The molecule has 68 valence electrons. The van der Waals surface area contributed by atoms with Gasteiger partial charge in [0, 0.05) is 0 Å². The number of aliphatic hydroxyl groups excluding tert-OH is 1. The van der Waals surface area contributed by atoms with E-state index in [1.165, 1.54) is 6.08 Å². The van der Waals surface area contributed by atoms with Crippen LogP contribution in [0.15, 0.2) is 23.8 Å². The first kappa shape index (κ1) is 10.9. The third kappa shape index (κ3) is 3.34. The Bertz CT molecular complexity index is 204. The monoisotopic (exact) mass is 170 g/mol. The molecular formula is C9H14O3. The lowest BCUT2D eigenvalue weighted by atomic mass is 10.1. The molecule has 0 spiro atoms. The van der Waals surface area contributed by atoms with Crippen molar-refractivity contribution in [2.45, 2.75) is 26.4 Å². The second kappa shape index (κ2) is 5.55. The standard InChI is InChI=1S/C9H14O3/c1-3-5-6-7(9(11)12)8(10)4-2/h3,5-6,8,10H,4H2,1-2H3,(H,11,12)/b5-3+,7-6+. The predicted molar refractivity (Wildman–Crippen MR) is 46.8 cm³/mol. The summed E-state index contributed by atoms with van der Waals surface area (Å²) in [6, 6.07) is 0. The zero-order chi connectivity index (χ0) is 9.56. The highest BCUT2D eigenvalue weighted by atomic mass is 16.4. The van der Waals surface area contributed by atoms with Crippen LogP contribution in [0, 0.1) is 0 Å². The first-order chi connectivity index (χ1) is 5.63. The van der Waals surface area contributed by atoms with Crippen molar-refractivity contribution in [2.75, 3.05) is 0 Å². The summed E-state index contributed by atoms with van der Waals surface area (Å²) in [7, 11) is 0. The second-order valence-electron chi connectivity index (χ2n) is 2.38. The van der Waals surface area contributed by atoms with Crippen LogP contribution in [0.5, 0.6) is 0 Å². The van der Waals surface area contributed by atoms with E-state index in [-0.39, 0.29) is 5.57 Å². The summed E-state index contributed by atoms with van der Waals surface area (Å²) in [5, 5.41) is 17.9. The molecule has 12 heavy (non-hydrogen) atoms. The molecule has 0 aromatic rings. The van der Waals surface area contributed by atoms with Crippen molar-refractivity contribution in [3.63, 3.8) is 0 Å². The van der Waals surface area contributed by atoms with Crippen molar-refractivity contribution in [3.8, 4) is 0 Å². The first-order valence-corrected chi connectivity index (χ1v) is 3.87. The highest BCUT2D eigenvalue weighted by molar-refractivity contribution is 5.88. The Morgan fingerprint density at radius 2 is 2.17 bits per heavy atom. The molecule has 0 aliphatic carbocycles. The molecule has 0 bridgehead atoms. The van der Waals surface area contributed by atoms with Gasteiger partial charge in [-0.25, -0.2) is 4.79 Å². The maximum absolute atomic E-state index is 10.5. The van der Waals surface area contributed by atoms with Crippen LogP contribution >= 0.6 is 0 Å². The molecule has 0 radical (unpaired) electrons. The summed E-state index contributed by atoms with van der Waals surface area (Å²) >= 11 is 0. The van der Waals surface area contributed by atoms with E-state index in [0.29, 0.717) is 6.42 Å². The molecule has 3 heteroatoms. The molecule has 0 saturated carbocycles. The van der Waals surface area contributed by atoms with Crippen LogP contribution in [0.2, 0.25) is 0 Å². The van der Waals surface area contributed by atoms with Gasteiger partial charge in [0.05, 0.1) is 11.7 Å². The third-order valence-corrected chi connectivity index (χ3v) is 1.46. The Labute approximate surface area is 72.0 Å². The van der Waals surface area contributed by atoms with Gasteiger partial charge in [-0.3, -0.25) is 0 Å². The zero-order valence-electron chi connectivity index (χ0n) is 7.32. The van der Waals surface area contributed by atoms with Gasteiger partial charge in [-0.05, 0) is 19.4 Å². The average molecular weight is 170 g/mol. The minimum Gasteiger partial charge on any atom is -0.478 e. The van der Waals surface area contributed by atoms with Crippen molar-refractivity contribution < 1.29 is 15.0 Å². The van der Waals surface area contributed by atoms with Gasteiger partial charge < -0.3 is 10.2 Å². The van der Waals surface area contributed by atoms with Gasteiger partial charge in [0.25, 0.3) is 0 Å². The molecule has 3 nitrogen and oxygen atoms in total. The van der Waals surface area contributed by atoms with Gasteiger partial charge in [-0.15, -0.1) is 0 Å². The molecule has 0 fully saturated rings. The lowest BCUT2D eigenvalue weighted by Crippen LogP contribution is -2.16. The number of hydrogen-bond acceptors (Lipinski definition) is 2. The topological polar surface area (TPSA) is 57.5 Å². The SMILES string of the molecule is C/C=C/C=C(/C(=O)O)C(O)CC. The van der Waals surface area contributed by atoms with Crippen LogP contribution < -0.4 is 0 Å². The molecule has 0 aromatic heterocycles. The molecule has 1 atom stereocenters. The summed E-state index contributed by atoms with van der Waals surface area (Å²) in [6.45, 7) is 3.52. The van der Waals surface area contributed by atoms with Gasteiger partial charge in [0.2, 0.25) is 0 Å². The molecule has 0 aliphatic heterocycles. The van der Waals surface area contributed by atoms with E-state index in [0.717, 1.165) is 0 Å². The molecule has 2 N–H and O–H groups in total. The average Bonchev–Trinajstić information content (AvgIpc) is 2.04. The van der Waals surface area contributed by atoms with Gasteiger partial charge in [0.15, 0.2) is 0 Å². The normalized spacial score (nSPS) is 15.1. The van der Waals surface area contributed by atoms with Crippen LogP contribution in [-0.4, -0.2) is 22.3 Å². The van der Waals surface area contributed by atoms with E-state index in [9.17, 15) is 9.90 Å². The lowest BCUT2D eigenvalue weighted by molar-refractivity contribution is -0.133. The minimum absolute atomic E-state index is 0.0376. The maximum Gasteiger partial charge on any atom is 0.334 e. The summed E-state index contributed by atoms with van der Waals surface area (Å²) < 4.78 is 0. The van der Waals surface area contributed by atoms with Crippen molar-refractivity contribution in [1.29, 1.82) is 0 Å². The Kier molecular flexibility index (Phi) is 5.04. The fourth-order valence-corrected chi connectivity index (χ4v) is 0.745. The predicted octanol–water partition coefficient (Wildman–Crippen LogP) is 1.34. The summed E-state index contributed by atoms with van der Waals surface area (Å²) in [5.74, 6) is -1.07. The smallest absolute Gasteiger partial charge is 0.334 e. The largest absolute Gasteiger partial charge is 0.478 e. The van der Waals surface area contributed by atoms with Crippen LogP contribution in [0.4, 0.5) is 0 Å². The fraction of sp³-hybridized carbons (Fsp3) is 0.444. The van der Waals surface area contributed by atoms with Crippen molar-refractivity contribution in [2.24, 2.45) is 0 Å². The molecule has 0 rings (SSSR count). The number of carboxylic acid groups (broad SMARTS) is 1. The van der Waals surface area contributed by atoms with Crippen LogP contribution in [0.1, 0.15) is 20.3 Å². The van der Waals surface area contributed by atoms with Gasteiger partial charge in [-0.1, -0.05) is 19.1 Å². The lowest BCUT2D eigenvalue weighted by Gasteiger charge is -2.06. The maximum atomic E-state index is 10.5. The van der Waals surface area contributed by atoms with E-state index in [2.05, 4.69) is 0 Å². The van der Waals surface area contributed by atoms with Crippen molar-refractivity contribution >= 4 is 5.97 Å². The van der Waals surface area contributed by atoms with Crippen LogP contribution in [0.25, 0.3) is 0 Å². The Morgan fingerprint density at radius 1 is 1.58 bits per heavy atom. The second-order valence-corrected chi connectivity index (χ2v) is 2.38. The number of aliphatic carboxylic acids is 1. The molecule has 0 aliphatic rings. The zero-order valence-corrected chi connectivity index (χ0v) is 7.32. The van der Waals surface area contributed by atoms with E-state index in [1.54, 1.807) is 26.0 Å². The highest BCUT2D eigenvalue weighted by Crippen LogP contribution is 2.06. The van der Waals surface area contributed by atoms with Gasteiger partial charge in [0.1, 0.15) is 0 Å². The first-order valence-electron chi connectivity index (χ1n) is 3.87. The van der Waals surface area contributed by atoms with Gasteiger partial charge in [-0.2, -0.15) is 0 Å². The molecule has 1 unspecified atom stereocenters. The van der Waals surface area contributed by atoms with E-state index in [4.69, 9.17) is 5.11 Å². The number of allylic oxidation sites excluding steroid dienone is 3. The summed E-state index contributed by atoms with van der Waals surface area (Å²) in [6.07, 6.45) is 4.26. The summed E-state index contributed by atoms with van der Waals surface area (Å²) in [4.78, 5) is 10.5. The van der Waals surface area contributed by atoms with Crippen molar-refractivity contribution in [3.05, 3.63) is 23.8 Å². The minimum atomic E-state index is -1.07. The Hall–Kier alpha value is -1.09. The van der Waals surface area contributed by atoms with E-state index >= 15 is 0 Å². The number of aliphatic hydroxyl groups is 1.